The first-order valence-corrected chi connectivity index (χ1v) is 12.2. The number of halogens is 2. The molecule has 0 radical (unpaired) electrons. The highest BCUT2D eigenvalue weighted by atomic mass is 35.5. The number of aromatic nitrogens is 4. The molecular formula is C14H17Cl2N7O7S2. The molecular weight excluding hydrogens is 513 g/mol. The summed E-state index contributed by atoms with van der Waals surface area (Å²) in [5.41, 5.74) is 0. The minimum Gasteiger partial charge on any atom is -0.467 e. The number of hydrogen-bond donors (Lipinski definition) is 2. The summed E-state index contributed by atoms with van der Waals surface area (Å²) in [6.45, 7) is 1.34. The lowest BCUT2D eigenvalue weighted by Crippen LogP contribution is -2.37. The van der Waals surface area contributed by atoms with Crippen molar-refractivity contribution >= 4 is 61.0 Å². The van der Waals surface area contributed by atoms with Crippen molar-refractivity contribution in [2.24, 2.45) is 0 Å². The number of carbonyl (C=O) groups excluding carboxylic acids is 1. The number of ether oxygens (including phenoxy) is 2. The molecule has 32 heavy (non-hydrogen) atoms. The smallest absolute Gasteiger partial charge is 0.335 e. The number of anilines is 2. The van der Waals surface area contributed by atoms with Gasteiger partial charge in [-0.1, -0.05) is 29.3 Å². The average molecular weight is 530 g/mol. The molecule has 0 saturated heterocycles. The van der Waals surface area contributed by atoms with Crippen LogP contribution in [0.15, 0.2) is 23.2 Å². The quantitative estimate of drug-likeness (QED) is 0.436. The second kappa shape index (κ2) is 10.3. The summed E-state index contributed by atoms with van der Waals surface area (Å²) in [4.78, 5) is 27.2. The van der Waals surface area contributed by atoms with Gasteiger partial charge in [0.15, 0.2) is 5.03 Å². The standard InChI is InChI=1S/C14H17Cl2N7O7S2/c1-4-23(32(27,28)10(15)16)8-6-5-7-9(17-8)31(25,26)22-12(24)18-11-19-13(29-2)21-14(20-11)30-3/h5-7,10H,4H2,1-3H3,(H2,18,19,20,21,22,24). The number of amides is 2. The molecule has 0 aliphatic heterocycles. The SMILES string of the molecule is CCN(c1cccc(S(=O)(=O)NC(=O)Nc2nc(OC)nc(OC)n2)n1)S(=O)(=O)C(Cl)Cl. The highest BCUT2D eigenvalue weighted by Gasteiger charge is 2.30. The highest BCUT2D eigenvalue weighted by Crippen LogP contribution is 2.23. The van der Waals surface area contributed by atoms with Crippen LogP contribution < -0.4 is 23.8 Å². The first-order valence-electron chi connectivity index (χ1n) is 8.39. The normalized spacial score (nSPS) is 11.7. The molecule has 0 aromatic carbocycles. The first kappa shape index (κ1) is 25.6. The molecule has 2 aromatic heterocycles. The molecule has 0 aliphatic carbocycles. The lowest BCUT2D eigenvalue weighted by molar-refractivity contribution is 0.256. The fraction of sp³-hybridized carbons (Fsp3) is 0.357. The molecule has 0 saturated carbocycles. The number of nitrogens with one attached hydrogen (secondary N) is 2. The highest BCUT2D eigenvalue weighted by molar-refractivity contribution is 7.95. The monoisotopic (exact) mass is 529 g/mol. The van der Waals surface area contributed by atoms with Gasteiger partial charge in [0.2, 0.25) is 10.1 Å². The third-order valence-electron chi connectivity index (χ3n) is 3.47. The predicted molar refractivity (Wildman–Crippen MR) is 114 cm³/mol. The molecule has 2 amide bonds. The van der Waals surface area contributed by atoms with Gasteiger partial charge < -0.3 is 9.47 Å². The lowest BCUT2D eigenvalue weighted by Gasteiger charge is -2.22. The molecule has 14 nitrogen and oxygen atoms in total. The number of nitrogens with zero attached hydrogens (tertiary/aromatic N) is 5. The van der Waals surface area contributed by atoms with Crippen LogP contribution in [0.2, 0.25) is 0 Å². The third-order valence-corrected chi connectivity index (χ3v) is 7.56. The van der Waals surface area contributed by atoms with Gasteiger partial charge in [-0.3, -0.25) is 9.62 Å². The zero-order valence-corrected chi connectivity index (χ0v) is 19.8. The third kappa shape index (κ3) is 5.96. The van der Waals surface area contributed by atoms with Crippen molar-refractivity contribution in [1.82, 2.24) is 24.7 Å². The van der Waals surface area contributed by atoms with E-state index in [2.05, 4.69) is 25.3 Å². The van der Waals surface area contributed by atoms with Gasteiger partial charge in [0.05, 0.1) is 14.2 Å². The molecule has 0 aliphatic rings. The van der Waals surface area contributed by atoms with E-state index in [9.17, 15) is 21.6 Å². The molecule has 0 atom stereocenters. The number of alkyl halides is 2. The number of methoxy groups -OCH3 is 2. The molecule has 2 N–H and O–H groups in total. The van der Waals surface area contributed by atoms with Crippen LogP contribution in [0.5, 0.6) is 12.0 Å². The van der Waals surface area contributed by atoms with Gasteiger partial charge in [0.25, 0.3) is 20.0 Å². The summed E-state index contributed by atoms with van der Waals surface area (Å²) in [6.07, 6.45) is 0. The van der Waals surface area contributed by atoms with Gasteiger partial charge in [-0.2, -0.15) is 18.4 Å². The molecule has 0 spiro atoms. The largest absolute Gasteiger partial charge is 0.467 e. The van der Waals surface area contributed by atoms with E-state index in [4.69, 9.17) is 32.7 Å². The van der Waals surface area contributed by atoms with E-state index in [1.165, 1.54) is 33.3 Å². The molecule has 0 unspecified atom stereocenters. The van der Waals surface area contributed by atoms with Crippen LogP contribution in [-0.2, 0) is 20.0 Å². The Kier molecular flexibility index (Phi) is 8.22. The van der Waals surface area contributed by atoms with Crippen LogP contribution in [0, 0.1) is 0 Å². The molecule has 2 aromatic rings. The zero-order chi connectivity index (χ0) is 24.1. The summed E-state index contributed by atoms with van der Waals surface area (Å²) in [5, 5.41) is 1.44. The van der Waals surface area contributed by atoms with E-state index >= 15 is 0 Å². The molecule has 2 heterocycles. The fourth-order valence-electron chi connectivity index (χ4n) is 2.14. The van der Waals surface area contributed by atoms with Crippen molar-refractivity contribution in [1.29, 1.82) is 0 Å². The number of rotatable bonds is 9. The van der Waals surface area contributed by atoms with Gasteiger partial charge in [0.1, 0.15) is 5.82 Å². The number of urea groups is 1. The first-order chi connectivity index (χ1) is 14.9. The summed E-state index contributed by atoms with van der Waals surface area (Å²) in [5.74, 6) is -0.629. The van der Waals surface area contributed by atoms with E-state index in [1.54, 1.807) is 4.72 Å². The van der Waals surface area contributed by atoms with E-state index in [1.807, 2.05) is 0 Å². The number of carbonyl (C=O) groups is 1. The van der Waals surface area contributed by atoms with Gasteiger partial charge in [0, 0.05) is 6.54 Å². The Morgan fingerprint density at radius 2 is 1.66 bits per heavy atom. The Bertz CT molecular complexity index is 1170. The van der Waals surface area contributed by atoms with Crippen molar-refractivity contribution in [3.8, 4) is 12.0 Å². The Labute approximate surface area is 193 Å². The molecule has 0 fully saturated rings. The molecule has 176 valence electrons. The zero-order valence-electron chi connectivity index (χ0n) is 16.7. The van der Waals surface area contributed by atoms with Gasteiger partial charge in [-0.15, -0.1) is 4.98 Å². The maximum Gasteiger partial charge on any atom is 0.335 e. The topological polar surface area (TPSA) is 183 Å². The Hall–Kier alpha value is -2.69. The lowest BCUT2D eigenvalue weighted by atomic mass is 10.4. The van der Waals surface area contributed by atoms with Gasteiger partial charge in [-0.05, 0) is 19.1 Å². The van der Waals surface area contributed by atoms with Crippen LogP contribution in [0.1, 0.15) is 6.92 Å². The van der Waals surface area contributed by atoms with E-state index < -0.39 is 35.3 Å². The van der Waals surface area contributed by atoms with Crippen LogP contribution in [0.25, 0.3) is 0 Å². The van der Waals surface area contributed by atoms with Crippen LogP contribution in [0.3, 0.4) is 0 Å². The predicted octanol–water partition coefficient (Wildman–Crippen LogP) is 0.712. The number of pyridine rings is 1. The summed E-state index contributed by atoms with van der Waals surface area (Å²) in [6, 6.07) is 1.89. The van der Waals surface area contributed by atoms with Crippen LogP contribution >= 0.6 is 23.2 Å². The minimum absolute atomic E-state index is 0.133. The Balaban J connectivity index is 2.28. The summed E-state index contributed by atoms with van der Waals surface area (Å²) >= 11 is 11.0. The molecule has 18 heteroatoms. The van der Waals surface area contributed by atoms with Crippen LogP contribution in [-0.4, -0.2) is 67.7 Å². The van der Waals surface area contributed by atoms with Crippen molar-refractivity contribution in [3.63, 3.8) is 0 Å². The average Bonchev–Trinajstić information content (AvgIpc) is 2.73. The molecule has 2 rings (SSSR count). The molecule has 0 bridgehead atoms. The second-order valence-electron chi connectivity index (χ2n) is 5.50. The Morgan fingerprint density at radius 1 is 1.06 bits per heavy atom. The van der Waals surface area contributed by atoms with Crippen LogP contribution in [0.4, 0.5) is 16.6 Å². The summed E-state index contributed by atoms with van der Waals surface area (Å²) < 4.78 is 59.9. The van der Waals surface area contributed by atoms with Crippen molar-refractivity contribution in [2.45, 2.75) is 16.1 Å². The van der Waals surface area contributed by atoms with Crippen molar-refractivity contribution in [2.75, 3.05) is 30.4 Å². The minimum atomic E-state index is -4.54. The second-order valence-corrected chi connectivity index (χ2v) is 10.7. The fourth-order valence-corrected chi connectivity index (χ4v) is 4.50. The number of sulfonamides is 2. The van der Waals surface area contributed by atoms with E-state index in [0.29, 0.717) is 0 Å². The van der Waals surface area contributed by atoms with Gasteiger partial charge in [-0.25, -0.2) is 22.9 Å². The van der Waals surface area contributed by atoms with Gasteiger partial charge >= 0.3 is 18.1 Å². The van der Waals surface area contributed by atoms with Crippen molar-refractivity contribution in [3.05, 3.63) is 18.2 Å². The van der Waals surface area contributed by atoms with E-state index in [-0.39, 0.29) is 30.3 Å². The van der Waals surface area contributed by atoms with E-state index in [0.717, 1.165) is 10.4 Å². The maximum atomic E-state index is 12.6. The maximum absolute atomic E-state index is 12.6. The number of hydrogen-bond acceptors (Lipinski definition) is 11. The van der Waals surface area contributed by atoms with Crippen molar-refractivity contribution < 1.29 is 31.1 Å². The summed E-state index contributed by atoms with van der Waals surface area (Å²) in [7, 11) is -6.23. The Morgan fingerprint density at radius 3 is 2.16 bits per heavy atom.